The van der Waals surface area contributed by atoms with Gasteiger partial charge in [0, 0.05) is 11.5 Å². The third-order valence-corrected chi connectivity index (χ3v) is 7.75. The molecule has 1 fully saturated rings. The number of β-lactam (4-membered cyclic amide) rings is 1. The van der Waals surface area contributed by atoms with E-state index in [0.29, 0.717) is 5.57 Å². The number of thioether (sulfide) groups is 3. The van der Waals surface area contributed by atoms with Crippen molar-refractivity contribution in [2.45, 2.75) is 22.4 Å². The first-order chi connectivity index (χ1) is 15.1. The minimum Gasteiger partial charge on any atom is -0.477 e. The van der Waals surface area contributed by atoms with E-state index in [1.807, 2.05) is 6.07 Å². The molecule has 0 saturated carbocycles. The summed E-state index contributed by atoms with van der Waals surface area (Å²) in [4.78, 5) is 37.4. The van der Waals surface area contributed by atoms with E-state index in [9.17, 15) is 27.9 Å². The number of carboxylic acids is 1. The van der Waals surface area contributed by atoms with Gasteiger partial charge in [-0.05, 0) is 5.57 Å². The molecule has 17 heteroatoms. The Morgan fingerprint density at radius 2 is 2.16 bits per heavy atom. The summed E-state index contributed by atoms with van der Waals surface area (Å²) in [7, 11) is -4.34. The summed E-state index contributed by atoms with van der Waals surface area (Å²) in [6, 6.07) is 1.04. The highest BCUT2D eigenvalue weighted by atomic mass is 32.2. The van der Waals surface area contributed by atoms with Gasteiger partial charge in [0.25, 0.3) is 21.2 Å². The molecule has 0 bridgehead atoms. The zero-order chi connectivity index (χ0) is 23.5. The molecule has 3 heterocycles. The van der Waals surface area contributed by atoms with Crippen LogP contribution in [0.15, 0.2) is 20.9 Å². The van der Waals surface area contributed by atoms with E-state index >= 15 is 0 Å². The third-order valence-electron chi connectivity index (χ3n) is 4.09. The van der Waals surface area contributed by atoms with E-state index < -0.39 is 45.1 Å². The summed E-state index contributed by atoms with van der Waals surface area (Å²) in [5, 5.41) is 27.3. The highest BCUT2D eigenvalue weighted by Crippen LogP contribution is 2.41. The van der Waals surface area contributed by atoms with Crippen molar-refractivity contribution in [3.8, 4) is 6.07 Å². The van der Waals surface area contributed by atoms with Crippen LogP contribution in [0, 0.1) is 11.3 Å². The molecule has 2 atom stereocenters. The number of nitrogens with zero attached hydrogens (tertiary/aromatic N) is 4. The summed E-state index contributed by atoms with van der Waals surface area (Å²) < 4.78 is 35.6. The first-order valence-corrected chi connectivity index (χ1v) is 13.4. The number of carbonyl (C=O) groups is 3. The van der Waals surface area contributed by atoms with Crippen molar-refractivity contribution in [2.75, 3.05) is 23.0 Å². The van der Waals surface area contributed by atoms with Crippen molar-refractivity contribution >= 4 is 63.2 Å². The zero-order valence-electron chi connectivity index (χ0n) is 16.0. The van der Waals surface area contributed by atoms with Crippen molar-refractivity contribution in [2.24, 2.45) is 0 Å². The predicted octanol–water partition coefficient (Wildman–Crippen LogP) is -0.455. The Balaban J connectivity index is 1.65. The van der Waals surface area contributed by atoms with Gasteiger partial charge in [-0.1, -0.05) is 11.8 Å². The lowest BCUT2D eigenvalue weighted by atomic mass is 10.0. The fourth-order valence-electron chi connectivity index (χ4n) is 2.86. The molecular weight excluding hydrogens is 506 g/mol. The van der Waals surface area contributed by atoms with Crippen molar-refractivity contribution in [1.29, 1.82) is 5.26 Å². The fraction of sp³-hybridized carbons (Fsp3) is 0.467. The lowest BCUT2D eigenvalue weighted by Crippen LogP contribution is -2.70. The van der Waals surface area contributed by atoms with E-state index in [1.165, 1.54) is 11.8 Å². The van der Waals surface area contributed by atoms with Crippen molar-refractivity contribution in [3.05, 3.63) is 17.2 Å². The van der Waals surface area contributed by atoms with Crippen LogP contribution in [0.1, 0.15) is 5.89 Å². The van der Waals surface area contributed by atoms with Gasteiger partial charge in [-0.3, -0.25) is 19.0 Å². The van der Waals surface area contributed by atoms with Crippen LogP contribution in [-0.4, -0.2) is 85.4 Å². The number of hydrogen-bond donors (Lipinski definition) is 3. The first-order valence-electron chi connectivity index (χ1n) is 8.65. The maximum absolute atomic E-state index is 12.5. The van der Waals surface area contributed by atoms with Crippen LogP contribution in [0.25, 0.3) is 0 Å². The molecule has 2 unspecified atom stereocenters. The average Bonchev–Trinajstić information content (AvgIpc) is 3.15. The van der Waals surface area contributed by atoms with Crippen LogP contribution in [0.3, 0.4) is 0 Å². The molecule has 32 heavy (non-hydrogen) atoms. The van der Waals surface area contributed by atoms with Crippen LogP contribution < -0.4 is 5.32 Å². The quantitative estimate of drug-likeness (QED) is 0.154. The molecule has 2 aliphatic rings. The zero-order valence-corrected chi connectivity index (χ0v) is 19.2. The number of amides is 2. The van der Waals surface area contributed by atoms with Gasteiger partial charge in [0.2, 0.25) is 11.8 Å². The summed E-state index contributed by atoms with van der Waals surface area (Å²) in [6.45, 7) is 0. The minimum absolute atomic E-state index is 0.0159. The monoisotopic (exact) mass is 521 g/mol. The third kappa shape index (κ3) is 5.75. The van der Waals surface area contributed by atoms with E-state index in [4.69, 9.17) is 14.2 Å². The van der Waals surface area contributed by atoms with Gasteiger partial charge in [0.1, 0.15) is 17.1 Å². The number of fused-ring (bicyclic) bond motifs is 1. The minimum atomic E-state index is -4.34. The predicted molar refractivity (Wildman–Crippen MR) is 113 cm³/mol. The molecule has 0 spiro atoms. The number of nitrogens with one attached hydrogen (secondary N) is 1. The normalized spacial score (nSPS) is 20.4. The molecular formula is C15H15N5O8S4. The van der Waals surface area contributed by atoms with E-state index in [-0.39, 0.29) is 39.8 Å². The van der Waals surface area contributed by atoms with Gasteiger partial charge in [-0.25, -0.2) is 4.79 Å². The van der Waals surface area contributed by atoms with Gasteiger partial charge >= 0.3 is 5.97 Å². The lowest BCUT2D eigenvalue weighted by Gasteiger charge is -2.49. The Hall–Kier alpha value is -2.26. The standard InChI is InChI=1S/C15H15N5O8S4/c16-1-2-29-5-8(21)17-10-12(22)20-11(14(23)24)7(3-30-13(10)20)4-31-15-19-18-9(28-15)6-32(25,26)27/h10,13H,2-6H2,(H,17,21)(H,23,24)(H,25,26,27). The molecule has 172 valence electrons. The summed E-state index contributed by atoms with van der Waals surface area (Å²) in [5.41, 5.74) is 0.231. The van der Waals surface area contributed by atoms with Crippen LogP contribution >= 0.6 is 35.3 Å². The second-order valence-electron chi connectivity index (χ2n) is 6.34. The second-order valence-corrected chi connectivity index (χ2v) is 10.8. The molecule has 0 radical (unpaired) electrons. The van der Waals surface area contributed by atoms with Crippen LogP contribution in [0.4, 0.5) is 0 Å². The topological polar surface area (TPSA) is 204 Å². The lowest BCUT2D eigenvalue weighted by molar-refractivity contribution is -0.150. The Kier molecular flexibility index (Phi) is 7.71. The molecule has 2 aliphatic heterocycles. The van der Waals surface area contributed by atoms with Gasteiger partial charge in [-0.15, -0.1) is 33.7 Å². The molecule has 13 nitrogen and oxygen atoms in total. The molecule has 0 aromatic carbocycles. The highest BCUT2D eigenvalue weighted by molar-refractivity contribution is 8.01. The Labute approximate surface area is 194 Å². The Morgan fingerprint density at radius 1 is 1.41 bits per heavy atom. The molecule has 1 saturated heterocycles. The van der Waals surface area contributed by atoms with Gasteiger partial charge in [-0.2, -0.15) is 13.7 Å². The number of rotatable bonds is 10. The van der Waals surface area contributed by atoms with Crippen molar-refractivity contribution in [1.82, 2.24) is 20.4 Å². The largest absolute Gasteiger partial charge is 0.477 e. The van der Waals surface area contributed by atoms with Crippen molar-refractivity contribution in [3.63, 3.8) is 0 Å². The van der Waals surface area contributed by atoms with E-state index in [2.05, 4.69) is 15.5 Å². The highest BCUT2D eigenvalue weighted by Gasteiger charge is 2.54. The Bertz CT molecular complexity index is 1110. The number of aliphatic carboxylic acids is 1. The van der Waals surface area contributed by atoms with E-state index in [1.54, 1.807) is 0 Å². The number of aromatic nitrogens is 2. The van der Waals surface area contributed by atoms with Gasteiger partial charge < -0.3 is 14.8 Å². The first kappa shape index (κ1) is 24.4. The Morgan fingerprint density at radius 3 is 2.81 bits per heavy atom. The fourth-order valence-corrected chi connectivity index (χ4v) is 6.01. The SMILES string of the molecule is N#CCSCC(=O)NC1C(=O)N2C(C(=O)O)=C(CSc3nnc(CS(=O)(=O)O)o3)CSC12. The molecule has 1 aromatic rings. The van der Waals surface area contributed by atoms with Crippen LogP contribution in [0.2, 0.25) is 0 Å². The molecule has 3 N–H and O–H groups in total. The summed E-state index contributed by atoms with van der Waals surface area (Å²) in [6.07, 6.45) is 0. The maximum Gasteiger partial charge on any atom is 0.352 e. The van der Waals surface area contributed by atoms with Gasteiger partial charge in [0.05, 0.1) is 17.6 Å². The smallest absolute Gasteiger partial charge is 0.352 e. The maximum atomic E-state index is 12.5. The van der Waals surface area contributed by atoms with Crippen molar-refractivity contribution < 1.29 is 36.9 Å². The number of hydrogen-bond acceptors (Lipinski definition) is 12. The number of carbonyl (C=O) groups excluding carboxylic acids is 2. The van der Waals surface area contributed by atoms with Crippen LogP contribution in [-0.2, 0) is 30.3 Å². The second kappa shape index (κ2) is 10.1. The summed E-state index contributed by atoms with van der Waals surface area (Å²) >= 11 is 3.35. The summed E-state index contributed by atoms with van der Waals surface area (Å²) in [5.74, 6) is -2.91. The van der Waals surface area contributed by atoms with Crippen LogP contribution in [0.5, 0.6) is 0 Å². The van der Waals surface area contributed by atoms with Gasteiger partial charge in [0.15, 0.2) is 5.75 Å². The average molecular weight is 522 g/mol. The molecule has 1 aromatic heterocycles. The van der Waals surface area contributed by atoms with E-state index in [0.717, 1.165) is 28.4 Å². The number of nitriles is 1. The molecule has 3 rings (SSSR count). The number of carboxylic acid groups (broad SMARTS) is 1. The molecule has 2 amide bonds. The molecule has 0 aliphatic carbocycles.